The normalized spacial score (nSPS) is 14.3. The standard InChI is InChI=1S/C14H21BrO3/c1-3-4-12(16)13(17)7-5-10-6-8-14(18-2)11(15)9-10/h6,8-9,12-13,16-17H,3-5,7H2,1-2H3. The highest BCUT2D eigenvalue weighted by molar-refractivity contribution is 9.10. The van der Waals surface area contributed by atoms with Gasteiger partial charge in [0.2, 0.25) is 0 Å². The van der Waals surface area contributed by atoms with E-state index in [1.54, 1.807) is 7.11 Å². The molecule has 3 nitrogen and oxygen atoms in total. The van der Waals surface area contributed by atoms with Gasteiger partial charge >= 0.3 is 0 Å². The van der Waals surface area contributed by atoms with Gasteiger partial charge in [-0.25, -0.2) is 0 Å². The van der Waals surface area contributed by atoms with Crippen LogP contribution in [0.2, 0.25) is 0 Å². The summed E-state index contributed by atoms with van der Waals surface area (Å²) in [5.74, 6) is 0.797. The van der Waals surface area contributed by atoms with Crippen LogP contribution in [0.25, 0.3) is 0 Å². The first-order chi connectivity index (χ1) is 8.58. The zero-order valence-electron chi connectivity index (χ0n) is 10.9. The summed E-state index contributed by atoms with van der Waals surface area (Å²) >= 11 is 3.43. The molecule has 0 bridgehead atoms. The molecular formula is C14H21BrO3. The number of ether oxygens (including phenoxy) is 1. The van der Waals surface area contributed by atoms with E-state index >= 15 is 0 Å². The summed E-state index contributed by atoms with van der Waals surface area (Å²) in [7, 11) is 1.63. The quantitative estimate of drug-likeness (QED) is 0.813. The third kappa shape index (κ3) is 4.59. The van der Waals surface area contributed by atoms with E-state index in [0.717, 1.165) is 28.6 Å². The maximum atomic E-state index is 9.79. The van der Waals surface area contributed by atoms with E-state index in [9.17, 15) is 10.2 Å². The van der Waals surface area contributed by atoms with Crippen LogP contribution in [-0.2, 0) is 6.42 Å². The van der Waals surface area contributed by atoms with Crippen LogP contribution >= 0.6 is 15.9 Å². The second kappa shape index (κ2) is 7.77. The zero-order valence-corrected chi connectivity index (χ0v) is 12.5. The van der Waals surface area contributed by atoms with Crippen molar-refractivity contribution in [3.63, 3.8) is 0 Å². The summed E-state index contributed by atoms with van der Waals surface area (Å²) in [6.07, 6.45) is 1.58. The van der Waals surface area contributed by atoms with Crippen molar-refractivity contribution in [3.05, 3.63) is 28.2 Å². The molecule has 0 heterocycles. The topological polar surface area (TPSA) is 49.7 Å². The molecule has 0 fully saturated rings. The van der Waals surface area contributed by atoms with Gasteiger partial charge in [0.15, 0.2) is 0 Å². The number of aliphatic hydroxyl groups is 2. The highest BCUT2D eigenvalue weighted by atomic mass is 79.9. The minimum Gasteiger partial charge on any atom is -0.496 e. The summed E-state index contributed by atoms with van der Waals surface area (Å²) in [6, 6.07) is 5.86. The Morgan fingerprint density at radius 1 is 1.22 bits per heavy atom. The van der Waals surface area contributed by atoms with Crippen molar-refractivity contribution in [1.82, 2.24) is 0 Å². The molecule has 1 rings (SSSR count). The Balaban J connectivity index is 2.50. The maximum Gasteiger partial charge on any atom is 0.133 e. The lowest BCUT2D eigenvalue weighted by atomic mass is 10.0. The molecule has 0 saturated carbocycles. The van der Waals surface area contributed by atoms with Gasteiger partial charge in [-0.2, -0.15) is 0 Å². The van der Waals surface area contributed by atoms with Gasteiger partial charge in [0, 0.05) is 0 Å². The molecule has 0 aliphatic carbocycles. The van der Waals surface area contributed by atoms with Crippen LogP contribution < -0.4 is 4.74 Å². The predicted octanol–water partition coefficient (Wildman–Crippen LogP) is 2.91. The third-order valence-corrected chi connectivity index (χ3v) is 3.59. The number of halogens is 1. The lowest BCUT2D eigenvalue weighted by Gasteiger charge is -2.17. The minimum absolute atomic E-state index is 0.569. The predicted molar refractivity (Wildman–Crippen MR) is 75.9 cm³/mol. The number of aryl methyl sites for hydroxylation is 1. The summed E-state index contributed by atoms with van der Waals surface area (Å²) < 4.78 is 6.07. The first kappa shape index (κ1) is 15.5. The van der Waals surface area contributed by atoms with Crippen LogP contribution in [0.3, 0.4) is 0 Å². The molecule has 0 saturated heterocycles. The number of rotatable bonds is 7. The molecule has 18 heavy (non-hydrogen) atoms. The second-order valence-corrected chi connectivity index (χ2v) is 5.29. The van der Waals surface area contributed by atoms with Crippen molar-refractivity contribution in [2.24, 2.45) is 0 Å². The zero-order chi connectivity index (χ0) is 13.5. The Morgan fingerprint density at radius 3 is 2.44 bits per heavy atom. The Hall–Kier alpha value is -0.580. The fourth-order valence-electron chi connectivity index (χ4n) is 1.86. The van der Waals surface area contributed by atoms with Crippen LogP contribution in [0.4, 0.5) is 0 Å². The summed E-state index contributed by atoms with van der Waals surface area (Å²) in [4.78, 5) is 0. The first-order valence-corrected chi connectivity index (χ1v) is 7.06. The molecule has 0 aliphatic rings. The lowest BCUT2D eigenvalue weighted by Crippen LogP contribution is -2.26. The largest absolute Gasteiger partial charge is 0.496 e. The molecule has 0 amide bonds. The maximum absolute atomic E-state index is 9.79. The van der Waals surface area contributed by atoms with Crippen molar-refractivity contribution >= 4 is 15.9 Å². The van der Waals surface area contributed by atoms with Crippen molar-refractivity contribution < 1.29 is 14.9 Å². The minimum atomic E-state index is -0.647. The van der Waals surface area contributed by atoms with Gasteiger partial charge in [0.25, 0.3) is 0 Å². The van der Waals surface area contributed by atoms with Gasteiger partial charge in [-0.05, 0) is 52.9 Å². The van der Waals surface area contributed by atoms with Crippen LogP contribution in [0, 0.1) is 0 Å². The molecule has 0 aliphatic heterocycles. The SMILES string of the molecule is CCCC(O)C(O)CCc1ccc(OC)c(Br)c1. The fraction of sp³-hybridized carbons (Fsp3) is 0.571. The van der Waals surface area contributed by atoms with E-state index in [-0.39, 0.29) is 0 Å². The van der Waals surface area contributed by atoms with Gasteiger partial charge in [0.05, 0.1) is 23.8 Å². The van der Waals surface area contributed by atoms with Crippen molar-refractivity contribution in [2.75, 3.05) is 7.11 Å². The van der Waals surface area contributed by atoms with Crippen molar-refractivity contribution in [1.29, 1.82) is 0 Å². The average molecular weight is 317 g/mol. The van der Waals surface area contributed by atoms with Gasteiger partial charge in [-0.15, -0.1) is 0 Å². The Labute approximate surface area is 117 Å². The molecule has 4 heteroatoms. The van der Waals surface area contributed by atoms with Crippen LogP contribution in [-0.4, -0.2) is 29.5 Å². The van der Waals surface area contributed by atoms with Gasteiger partial charge in [0.1, 0.15) is 5.75 Å². The summed E-state index contributed by atoms with van der Waals surface area (Å²) in [5.41, 5.74) is 1.12. The van der Waals surface area contributed by atoms with E-state index in [1.807, 2.05) is 25.1 Å². The summed E-state index contributed by atoms with van der Waals surface area (Å²) in [5, 5.41) is 19.4. The van der Waals surface area contributed by atoms with Crippen LogP contribution in [0.15, 0.2) is 22.7 Å². The van der Waals surface area contributed by atoms with E-state index in [4.69, 9.17) is 4.74 Å². The fourth-order valence-corrected chi connectivity index (χ4v) is 2.45. The lowest BCUT2D eigenvalue weighted by molar-refractivity contribution is 0.00980. The molecule has 2 atom stereocenters. The van der Waals surface area contributed by atoms with Gasteiger partial charge in [-0.3, -0.25) is 0 Å². The Kier molecular flexibility index (Phi) is 6.68. The molecule has 1 aromatic carbocycles. The number of methoxy groups -OCH3 is 1. The molecular weight excluding hydrogens is 296 g/mol. The van der Waals surface area contributed by atoms with E-state index in [1.165, 1.54) is 0 Å². The molecule has 102 valence electrons. The first-order valence-electron chi connectivity index (χ1n) is 6.27. The van der Waals surface area contributed by atoms with Gasteiger partial charge < -0.3 is 14.9 Å². The highest BCUT2D eigenvalue weighted by Gasteiger charge is 2.15. The third-order valence-electron chi connectivity index (χ3n) is 2.97. The molecule has 0 radical (unpaired) electrons. The van der Waals surface area contributed by atoms with Crippen LogP contribution in [0.1, 0.15) is 31.7 Å². The number of hydrogen-bond acceptors (Lipinski definition) is 3. The molecule has 0 spiro atoms. The summed E-state index contributed by atoms with van der Waals surface area (Å²) in [6.45, 7) is 2.00. The van der Waals surface area contributed by atoms with Crippen molar-refractivity contribution in [2.45, 2.75) is 44.8 Å². The van der Waals surface area contributed by atoms with E-state index in [0.29, 0.717) is 12.8 Å². The molecule has 2 unspecified atom stereocenters. The molecule has 0 aromatic heterocycles. The highest BCUT2D eigenvalue weighted by Crippen LogP contribution is 2.26. The van der Waals surface area contributed by atoms with Crippen LogP contribution in [0.5, 0.6) is 5.75 Å². The average Bonchev–Trinajstić information content (AvgIpc) is 2.36. The number of aliphatic hydroxyl groups excluding tert-OH is 2. The Morgan fingerprint density at radius 2 is 1.89 bits per heavy atom. The molecule has 2 N–H and O–H groups in total. The van der Waals surface area contributed by atoms with E-state index in [2.05, 4.69) is 15.9 Å². The monoisotopic (exact) mass is 316 g/mol. The number of hydrogen-bond donors (Lipinski definition) is 2. The molecule has 1 aromatic rings. The second-order valence-electron chi connectivity index (χ2n) is 4.43. The Bertz CT molecular complexity index is 368. The smallest absolute Gasteiger partial charge is 0.133 e. The van der Waals surface area contributed by atoms with Gasteiger partial charge in [-0.1, -0.05) is 19.4 Å². The van der Waals surface area contributed by atoms with Crippen molar-refractivity contribution in [3.8, 4) is 5.75 Å². The van der Waals surface area contributed by atoms with E-state index < -0.39 is 12.2 Å². The number of benzene rings is 1.